The number of H-pyrrole nitrogens is 1. The van der Waals surface area contributed by atoms with Gasteiger partial charge in [0.05, 0.1) is 10.5 Å². The summed E-state index contributed by atoms with van der Waals surface area (Å²) in [5.41, 5.74) is -0.802. The van der Waals surface area contributed by atoms with Crippen molar-refractivity contribution in [1.29, 1.82) is 0 Å². The van der Waals surface area contributed by atoms with Crippen LogP contribution in [0.15, 0.2) is 16.9 Å². The number of nitrogens with one attached hydrogen (secondary N) is 1. The van der Waals surface area contributed by atoms with Crippen LogP contribution >= 0.6 is 27.5 Å². The third-order valence-corrected chi connectivity index (χ3v) is 2.55. The van der Waals surface area contributed by atoms with Crippen molar-refractivity contribution in [2.24, 2.45) is 0 Å². The second-order valence-corrected chi connectivity index (χ2v) is 4.00. The van der Waals surface area contributed by atoms with Crippen LogP contribution in [-0.2, 0) is 6.18 Å². The Hall–Kier alpha value is -0.750. The molecule has 1 aromatic carbocycles. The number of fused-ring (bicyclic) bond motifs is 1. The number of imidazole rings is 1. The zero-order chi connectivity index (χ0) is 11.2. The van der Waals surface area contributed by atoms with Gasteiger partial charge in [0.25, 0.3) is 0 Å². The van der Waals surface area contributed by atoms with E-state index in [2.05, 4.69) is 25.9 Å². The molecular formula is C8H3BrClF3N2. The van der Waals surface area contributed by atoms with Crippen molar-refractivity contribution in [2.45, 2.75) is 6.18 Å². The molecule has 15 heavy (non-hydrogen) atoms. The molecule has 0 fully saturated rings. The van der Waals surface area contributed by atoms with Gasteiger partial charge in [0, 0.05) is 0 Å². The van der Waals surface area contributed by atoms with Gasteiger partial charge in [-0.2, -0.15) is 13.2 Å². The maximum atomic E-state index is 12.6. The molecule has 0 aliphatic carbocycles. The van der Waals surface area contributed by atoms with Gasteiger partial charge < -0.3 is 4.98 Å². The van der Waals surface area contributed by atoms with E-state index in [0.717, 1.165) is 0 Å². The quantitative estimate of drug-likeness (QED) is 0.782. The lowest BCUT2D eigenvalue weighted by Gasteiger charge is -2.08. The molecule has 1 N–H and O–H groups in total. The summed E-state index contributed by atoms with van der Waals surface area (Å²) in [4.78, 5) is 6.34. The van der Waals surface area contributed by atoms with Crippen molar-refractivity contribution in [1.82, 2.24) is 9.97 Å². The minimum Gasteiger partial charge on any atom is -0.332 e. The first-order chi connectivity index (χ1) is 6.89. The number of aromatic nitrogens is 2. The van der Waals surface area contributed by atoms with Crippen LogP contribution in [0.25, 0.3) is 11.0 Å². The van der Waals surface area contributed by atoms with Crippen LogP contribution in [0.1, 0.15) is 5.56 Å². The lowest BCUT2D eigenvalue weighted by Crippen LogP contribution is -2.06. The Morgan fingerprint density at radius 2 is 2.00 bits per heavy atom. The number of hydrogen-bond acceptors (Lipinski definition) is 1. The van der Waals surface area contributed by atoms with E-state index in [1.807, 2.05) is 0 Å². The fourth-order valence-corrected chi connectivity index (χ4v) is 1.94. The SMILES string of the molecule is FC(F)(F)c1c(Cl)ccc2[nH]c(Br)nc12. The normalized spacial score (nSPS) is 12.3. The van der Waals surface area contributed by atoms with Gasteiger partial charge in [0.15, 0.2) is 4.73 Å². The lowest BCUT2D eigenvalue weighted by atomic mass is 10.2. The highest BCUT2D eigenvalue weighted by molar-refractivity contribution is 9.10. The second kappa shape index (κ2) is 3.38. The molecule has 0 radical (unpaired) electrons. The third-order valence-electron chi connectivity index (χ3n) is 1.86. The zero-order valence-corrected chi connectivity index (χ0v) is 9.33. The number of rotatable bonds is 0. The average molecular weight is 299 g/mol. The summed E-state index contributed by atoms with van der Waals surface area (Å²) in [5.74, 6) is 0. The van der Waals surface area contributed by atoms with E-state index in [4.69, 9.17) is 11.6 Å². The molecule has 0 unspecified atom stereocenters. The fourth-order valence-electron chi connectivity index (χ4n) is 1.29. The molecule has 0 atom stereocenters. The summed E-state index contributed by atoms with van der Waals surface area (Å²) >= 11 is 8.48. The molecule has 7 heteroatoms. The fraction of sp³-hybridized carbons (Fsp3) is 0.125. The standard InChI is InChI=1S/C8H3BrClF3N2/c9-7-14-4-2-1-3(10)5(6(4)15-7)8(11,12)13/h1-2H,(H,14,15). The lowest BCUT2D eigenvalue weighted by molar-refractivity contribution is -0.136. The van der Waals surface area contributed by atoms with Crippen LogP contribution in [-0.4, -0.2) is 9.97 Å². The van der Waals surface area contributed by atoms with E-state index in [-0.39, 0.29) is 15.3 Å². The Bertz CT molecular complexity index is 520. The van der Waals surface area contributed by atoms with Gasteiger partial charge in [-0.15, -0.1) is 0 Å². The number of halogens is 5. The van der Waals surface area contributed by atoms with Crippen LogP contribution in [0.3, 0.4) is 0 Å². The van der Waals surface area contributed by atoms with Gasteiger partial charge in [-0.1, -0.05) is 11.6 Å². The smallest absolute Gasteiger partial charge is 0.332 e. The van der Waals surface area contributed by atoms with Crippen LogP contribution in [0.4, 0.5) is 13.2 Å². The second-order valence-electron chi connectivity index (χ2n) is 2.84. The number of hydrogen-bond donors (Lipinski definition) is 1. The van der Waals surface area contributed by atoms with Gasteiger partial charge in [0.2, 0.25) is 0 Å². The van der Waals surface area contributed by atoms with E-state index in [9.17, 15) is 13.2 Å². The highest BCUT2D eigenvalue weighted by Crippen LogP contribution is 2.39. The minimum atomic E-state index is -4.51. The van der Waals surface area contributed by atoms with Crippen LogP contribution in [0.5, 0.6) is 0 Å². The van der Waals surface area contributed by atoms with Crippen molar-refractivity contribution >= 4 is 38.6 Å². The molecule has 0 saturated heterocycles. The van der Waals surface area contributed by atoms with Crippen molar-refractivity contribution in [3.8, 4) is 0 Å². The highest BCUT2D eigenvalue weighted by Gasteiger charge is 2.36. The van der Waals surface area contributed by atoms with Gasteiger partial charge in [-0.05, 0) is 28.1 Å². The zero-order valence-electron chi connectivity index (χ0n) is 6.99. The molecule has 0 spiro atoms. The molecule has 2 nitrogen and oxygen atoms in total. The minimum absolute atomic E-state index is 0.179. The topological polar surface area (TPSA) is 28.7 Å². The summed E-state index contributed by atoms with van der Waals surface area (Å²) in [6.45, 7) is 0. The maximum absolute atomic E-state index is 12.6. The average Bonchev–Trinajstić information content (AvgIpc) is 2.41. The highest BCUT2D eigenvalue weighted by atomic mass is 79.9. The molecular weight excluding hydrogens is 296 g/mol. The van der Waals surface area contributed by atoms with E-state index in [1.54, 1.807) is 0 Å². The Labute approximate surface area is 95.6 Å². The van der Waals surface area contributed by atoms with E-state index in [0.29, 0.717) is 5.52 Å². The summed E-state index contributed by atoms with van der Waals surface area (Å²) < 4.78 is 38.1. The predicted molar refractivity (Wildman–Crippen MR) is 53.8 cm³/mol. The Kier molecular flexibility index (Phi) is 2.42. The van der Waals surface area contributed by atoms with Gasteiger partial charge in [0.1, 0.15) is 11.1 Å². The van der Waals surface area contributed by atoms with Crippen molar-refractivity contribution in [3.63, 3.8) is 0 Å². The summed E-state index contributed by atoms with van der Waals surface area (Å²) in [7, 11) is 0. The molecule has 80 valence electrons. The molecule has 1 aromatic heterocycles. The summed E-state index contributed by atoms with van der Waals surface area (Å²) in [5, 5.41) is -0.353. The van der Waals surface area contributed by atoms with Crippen LogP contribution in [0, 0.1) is 0 Å². The predicted octanol–water partition coefficient (Wildman–Crippen LogP) is 4.00. The number of benzene rings is 1. The third kappa shape index (κ3) is 1.83. The molecule has 0 bridgehead atoms. The number of nitrogens with zero attached hydrogens (tertiary/aromatic N) is 1. The van der Waals surface area contributed by atoms with Gasteiger partial charge in [-0.25, -0.2) is 4.98 Å². The molecule has 1 heterocycles. The first-order valence-corrected chi connectivity index (χ1v) is 4.97. The Morgan fingerprint density at radius 3 is 2.60 bits per heavy atom. The molecule has 0 aliphatic heterocycles. The van der Waals surface area contributed by atoms with Crippen LogP contribution < -0.4 is 0 Å². The Balaban J connectivity index is 2.85. The number of alkyl halides is 3. The molecule has 0 saturated carbocycles. The van der Waals surface area contributed by atoms with Crippen LogP contribution in [0.2, 0.25) is 5.02 Å². The maximum Gasteiger partial charge on any atom is 0.420 e. The first-order valence-electron chi connectivity index (χ1n) is 3.80. The molecule has 0 amide bonds. The van der Waals surface area contributed by atoms with Crippen molar-refractivity contribution < 1.29 is 13.2 Å². The largest absolute Gasteiger partial charge is 0.420 e. The van der Waals surface area contributed by atoms with E-state index >= 15 is 0 Å². The molecule has 0 aliphatic rings. The summed E-state index contributed by atoms with van der Waals surface area (Å²) in [6, 6.07) is 2.64. The van der Waals surface area contributed by atoms with E-state index < -0.39 is 11.7 Å². The summed E-state index contributed by atoms with van der Waals surface area (Å²) in [6.07, 6.45) is -4.51. The first kappa shape index (κ1) is 10.8. The monoisotopic (exact) mass is 298 g/mol. The van der Waals surface area contributed by atoms with Crippen molar-refractivity contribution in [2.75, 3.05) is 0 Å². The van der Waals surface area contributed by atoms with E-state index in [1.165, 1.54) is 12.1 Å². The van der Waals surface area contributed by atoms with Gasteiger partial charge in [-0.3, -0.25) is 0 Å². The van der Waals surface area contributed by atoms with Crippen molar-refractivity contribution in [3.05, 3.63) is 27.5 Å². The molecule has 2 aromatic rings. The van der Waals surface area contributed by atoms with Gasteiger partial charge >= 0.3 is 6.18 Å². The number of aromatic amines is 1. The molecule has 2 rings (SSSR count). The Morgan fingerprint density at radius 1 is 1.33 bits per heavy atom.